The molecule has 65 heavy (non-hydrogen) atoms. The van der Waals surface area contributed by atoms with Gasteiger partial charge in [0.25, 0.3) is 5.91 Å². The minimum absolute atomic E-state index is 0.0525. The van der Waals surface area contributed by atoms with Gasteiger partial charge in [-0.25, -0.2) is 9.97 Å². The van der Waals surface area contributed by atoms with Gasteiger partial charge in [0.2, 0.25) is 11.8 Å². The molecule has 0 aliphatic heterocycles. The number of unbranched alkanes of at least 4 members (excludes halogenated alkanes) is 2. The number of hydrogen-bond donors (Lipinski definition) is 6. The summed E-state index contributed by atoms with van der Waals surface area (Å²) in [4.78, 5) is 35.4. The summed E-state index contributed by atoms with van der Waals surface area (Å²) in [6.45, 7) is 6.53. The van der Waals surface area contributed by atoms with Crippen LogP contribution in [0, 0.1) is 0 Å². The minimum Gasteiger partial charge on any atom is -0.478 e. The van der Waals surface area contributed by atoms with E-state index < -0.39 is 10.9 Å². The van der Waals surface area contributed by atoms with Crippen LogP contribution in [0.2, 0.25) is 0 Å². The van der Waals surface area contributed by atoms with Crippen LogP contribution in [0.15, 0.2) is 125 Å². The molecule has 18 heteroatoms. The maximum Gasteiger partial charge on any atom is 0.252 e. The topological polar surface area (TPSA) is 231 Å². The van der Waals surface area contributed by atoms with Gasteiger partial charge in [-0.15, -0.1) is 10.2 Å². The van der Waals surface area contributed by atoms with Crippen molar-refractivity contribution in [3.63, 3.8) is 0 Å². The molecule has 2 amide bonds. The predicted molar refractivity (Wildman–Crippen MR) is 251 cm³/mol. The van der Waals surface area contributed by atoms with Gasteiger partial charge in [0, 0.05) is 48.3 Å². The van der Waals surface area contributed by atoms with Gasteiger partial charge in [-0.2, -0.15) is 9.90 Å². The quantitative estimate of drug-likeness (QED) is 0.0181. The number of amides is 2. The zero-order valence-electron chi connectivity index (χ0n) is 36.5. The van der Waals surface area contributed by atoms with Gasteiger partial charge in [-0.3, -0.25) is 15.0 Å². The number of carbonyl (C=O) groups is 2. The summed E-state index contributed by atoms with van der Waals surface area (Å²) in [7, 11) is -3.90. The largest absolute Gasteiger partial charge is 0.478 e. The molecule has 0 atom stereocenters. The highest BCUT2D eigenvalue weighted by molar-refractivity contribution is 8.19. The minimum atomic E-state index is -3.90. The maximum absolute atomic E-state index is 12.5. The molecular weight excluding hydrogens is 849 g/mol. The number of tetrazole rings is 1. The molecule has 342 valence electrons. The number of ether oxygens (including phenoxy) is 2. The summed E-state index contributed by atoms with van der Waals surface area (Å²) < 4.78 is 40.5. The molecular formula is C47H56N10O7S. The van der Waals surface area contributed by atoms with Gasteiger partial charge >= 0.3 is 0 Å². The Morgan fingerprint density at radius 2 is 1.52 bits per heavy atom. The SMILES string of the molecule is CC(C)(CCCCOc1cc(-c2ccccc2)cc(-c2ccccc2)n1)c1nnn(CCCCC(=O)NCCOCCNC(=O)c2ccc(N/N=C/c3ccccc3S(O)(O)O)nc2)n1. The highest BCUT2D eigenvalue weighted by Gasteiger charge is 2.26. The van der Waals surface area contributed by atoms with E-state index in [1.165, 1.54) is 18.5 Å². The van der Waals surface area contributed by atoms with Crippen molar-refractivity contribution in [2.45, 2.75) is 69.2 Å². The number of carbonyl (C=O) groups excluding carboxylic acids is 2. The number of hydrogen-bond acceptors (Lipinski definition) is 14. The van der Waals surface area contributed by atoms with Crippen molar-refractivity contribution in [2.75, 3.05) is 38.3 Å². The fourth-order valence-electron chi connectivity index (χ4n) is 6.63. The Hall–Kier alpha value is -6.57. The van der Waals surface area contributed by atoms with Crippen LogP contribution in [0.1, 0.15) is 74.1 Å². The number of nitrogens with zero attached hydrogens (tertiary/aromatic N) is 7. The number of aryl methyl sites for hydroxylation is 1. The second-order valence-corrected chi connectivity index (χ2v) is 17.2. The molecule has 6 rings (SSSR count). The third-order valence-corrected chi connectivity index (χ3v) is 11.2. The van der Waals surface area contributed by atoms with E-state index in [-0.39, 0.29) is 35.3 Å². The van der Waals surface area contributed by atoms with Crippen molar-refractivity contribution >= 4 is 34.7 Å². The van der Waals surface area contributed by atoms with Crippen LogP contribution in [-0.4, -0.2) is 94.8 Å². The lowest BCUT2D eigenvalue weighted by molar-refractivity contribution is -0.121. The molecule has 6 N–H and O–H groups in total. The number of anilines is 1. The average Bonchev–Trinajstić information content (AvgIpc) is 3.81. The Kier molecular flexibility index (Phi) is 17.6. The Labute approximate surface area is 380 Å². The monoisotopic (exact) mass is 904 g/mol. The Morgan fingerprint density at radius 1 is 0.800 bits per heavy atom. The molecule has 3 heterocycles. The molecule has 3 aromatic carbocycles. The molecule has 0 radical (unpaired) electrons. The Balaban J connectivity index is 0.799. The van der Waals surface area contributed by atoms with Crippen LogP contribution in [0.4, 0.5) is 5.82 Å². The lowest BCUT2D eigenvalue weighted by atomic mass is 9.86. The predicted octanol–water partition coefficient (Wildman–Crippen LogP) is 8.09. The van der Waals surface area contributed by atoms with E-state index in [0.717, 1.165) is 48.1 Å². The van der Waals surface area contributed by atoms with Crippen molar-refractivity contribution in [3.8, 4) is 28.3 Å². The lowest BCUT2D eigenvalue weighted by Gasteiger charge is -2.20. The first-order valence-corrected chi connectivity index (χ1v) is 23.0. The first-order chi connectivity index (χ1) is 31.4. The highest BCUT2D eigenvalue weighted by atomic mass is 32.3. The van der Waals surface area contributed by atoms with Gasteiger partial charge < -0.3 is 33.8 Å². The molecule has 0 fully saturated rings. The summed E-state index contributed by atoms with van der Waals surface area (Å²) in [5.74, 6) is 1.24. The molecule has 6 aromatic rings. The first-order valence-electron chi connectivity index (χ1n) is 21.5. The number of benzene rings is 3. The van der Waals surface area contributed by atoms with Crippen molar-refractivity contribution in [1.29, 1.82) is 0 Å². The molecule has 0 bridgehead atoms. The summed E-state index contributed by atoms with van der Waals surface area (Å²) in [5, 5.41) is 22.9. The highest BCUT2D eigenvalue weighted by Crippen LogP contribution is 2.44. The standard InChI is InChI=1S/C47H56N10O7S/c1-47(2,24-12-14-28-64-44-32-39(35-15-5-3-6-16-35)31-40(52-44)36-17-7-4-8-18-36)46-54-56-57(55-46)27-13-11-21-43(58)48-25-29-63-30-26-49-45(59)38-22-23-42(50-33-38)53-51-34-37-19-9-10-20-41(37)65(60,61)62/h3-10,15-20,22-23,31-34,60-62H,11-14,21,24-30H2,1-2H3,(H,48,58)(H,49,59)(H,50,53)/b51-34+. The van der Waals surface area contributed by atoms with Crippen LogP contribution in [0.5, 0.6) is 5.88 Å². The molecule has 0 aliphatic rings. The van der Waals surface area contributed by atoms with Crippen LogP contribution < -0.4 is 20.8 Å². The third kappa shape index (κ3) is 15.3. The van der Waals surface area contributed by atoms with E-state index in [2.05, 4.69) is 85.7 Å². The van der Waals surface area contributed by atoms with Gasteiger partial charge in [-0.05, 0) is 72.7 Å². The van der Waals surface area contributed by atoms with E-state index >= 15 is 0 Å². The van der Waals surface area contributed by atoms with E-state index in [1.54, 1.807) is 35.1 Å². The second-order valence-electron chi connectivity index (χ2n) is 15.7. The summed E-state index contributed by atoms with van der Waals surface area (Å²) >= 11 is 0. The molecule has 0 spiro atoms. The molecule has 0 saturated heterocycles. The van der Waals surface area contributed by atoms with Crippen LogP contribution in [0.3, 0.4) is 0 Å². The van der Waals surface area contributed by atoms with Gasteiger partial charge in [0.05, 0.1) is 48.7 Å². The maximum atomic E-state index is 12.5. The van der Waals surface area contributed by atoms with Crippen LogP contribution in [-0.2, 0) is 21.5 Å². The average molecular weight is 905 g/mol. The first kappa shape index (κ1) is 47.9. The number of rotatable bonds is 25. The number of hydrazone groups is 1. The summed E-state index contributed by atoms with van der Waals surface area (Å²) in [6, 6.07) is 33.8. The third-order valence-electron chi connectivity index (χ3n) is 10.2. The van der Waals surface area contributed by atoms with Crippen molar-refractivity contribution < 1.29 is 32.7 Å². The summed E-state index contributed by atoms with van der Waals surface area (Å²) in [5.41, 5.74) is 7.15. The molecule has 0 saturated carbocycles. The number of aromatic nitrogens is 6. The van der Waals surface area contributed by atoms with E-state index in [9.17, 15) is 23.2 Å². The molecule has 0 unspecified atom stereocenters. The fraction of sp³-hybridized carbons (Fsp3) is 0.319. The summed E-state index contributed by atoms with van der Waals surface area (Å²) in [6.07, 6.45) is 7.10. The van der Waals surface area contributed by atoms with E-state index in [0.29, 0.717) is 67.8 Å². The zero-order chi connectivity index (χ0) is 45.9. The number of nitrogens with one attached hydrogen (secondary N) is 3. The van der Waals surface area contributed by atoms with Crippen molar-refractivity contribution in [3.05, 3.63) is 132 Å². The van der Waals surface area contributed by atoms with E-state index in [1.807, 2.05) is 42.5 Å². The van der Waals surface area contributed by atoms with Crippen molar-refractivity contribution in [2.24, 2.45) is 5.10 Å². The van der Waals surface area contributed by atoms with Crippen LogP contribution >= 0.6 is 10.9 Å². The molecule has 0 aliphatic carbocycles. The fourth-order valence-corrected chi connectivity index (χ4v) is 7.33. The normalized spacial score (nSPS) is 12.0. The van der Waals surface area contributed by atoms with Gasteiger partial charge in [0.15, 0.2) is 5.82 Å². The van der Waals surface area contributed by atoms with Crippen molar-refractivity contribution in [1.82, 2.24) is 40.8 Å². The zero-order valence-corrected chi connectivity index (χ0v) is 37.4. The Morgan fingerprint density at radius 3 is 2.26 bits per heavy atom. The van der Waals surface area contributed by atoms with Gasteiger partial charge in [-0.1, -0.05) is 92.7 Å². The number of pyridine rings is 2. The van der Waals surface area contributed by atoms with E-state index in [4.69, 9.17) is 14.5 Å². The second kappa shape index (κ2) is 23.9. The molecule has 17 nitrogen and oxygen atoms in total. The Bertz CT molecular complexity index is 2390. The molecule has 3 aromatic heterocycles. The van der Waals surface area contributed by atoms with Gasteiger partial charge in [0.1, 0.15) is 16.7 Å². The van der Waals surface area contributed by atoms with Crippen LogP contribution in [0.25, 0.3) is 22.4 Å². The lowest BCUT2D eigenvalue weighted by Crippen LogP contribution is -2.30. The smallest absolute Gasteiger partial charge is 0.252 e.